The van der Waals surface area contributed by atoms with E-state index in [4.69, 9.17) is 21.1 Å². The Morgan fingerprint density at radius 1 is 1.09 bits per heavy atom. The van der Waals surface area contributed by atoms with Crippen LogP contribution in [-0.2, 0) is 6.42 Å². The summed E-state index contributed by atoms with van der Waals surface area (Å²) in [7, 11) is 3.38. The molecule has 1 aliphatic heterocycles. The summed E-state index contributed by atoms with van der Waals surface area (Å²) in [6.07, 6.45) is 6.67. The van der Waals surface area contributed by atoms with Crippen molar-refractivity contribution in [2.24, 2.45) is 5.41 Å². The van der Waals surface area contributed by atoms with E-state index in [9.17, 15) is 5.11 Å². The normalized spacial score (nSPS) is 15.9. The summed E-state index contributed by atoms with van der Waals surface area (Å²) in [6, 6.07) is 14.2. The number of hydrogen-bond donors (Lipinski definition) is 1. The van der Waals surface area contributed by atoms with Crippen LogP contribution in [0.4, 0.5) is 0 Å². The number of aromatic nitrogens is 1. The fraction of sp³-hybridized carbons (Fsp3) is 0.464. The fourth-order valence-electron chi connectivity index (χ4n) is 4.95. The summed E-state index contributed by atoms with van der Waals surface area (Å²) >= 11 is 8.42. The molecule has 0 amide bonds. The molecule has 0 bridgehead atoms. The molecule has 1 aromatic heterocycles. The maximum absolute atomic E-state index is 10.3. The molecule has 2 aromatic carbocycles. The van der Waals surface area contributed by atoms with E-state index >= 15 is 0 Å². The minimum absolute atomic E-state index is 0.00341. The van der Waals surface area contributed by atoms with Gasteiger partial charge in [-0.25, -0.2) is 0 Å². The maximum atomic E-state index is 10.3. The molecule has 3 aromatic rings. The predicted octanol–water partition coefficient (Wildman–Crippen LogP) is 6.09. The van der Waals surface area contributed by atoms with E-state index in [-0.39, 0.29) is 12.0 Å². The molecule has 35 heavy (non-hydrogen) atoms. The molecule has 0 spiro atoms. The molecule has 0 unspecified atom stereocenters. The monoisotopic (exact) mass is 514 g/mol. The van der Waals surface area contributed by atoms with Crippen LogP contribution in [0, 0.1) is 5.41 Å². The summed E-state index contributed by atoms with van der Waals surface area (Å²) < 4.78 is 10.7. The second-order valence-electron chi connectivity index (χ2n) is 9.35. The molecule has 0 saturated carbocycles. The lowest BCUT2D eigenvalue weighted by Crippen LogP contribution is -2.42. The standard InChI is InChI=1S/C28H35ClN2O3S/c1-33-21-5-3-6-23(17-21)35-16-15-31-13-11-28(20-32,12-14-31)10-4-7-24-25-18-22(34-2)8-9-27(25)30-19-26(24)29/h3,5-6,8-9,17-19,32H,4,7,10-16,20H2,1-2H3. The lowest BCUT2D eigenvalue weighted by Gasteiger charge is -2.41. The van der Waals surface area contributed by atoms with Crippen LogP contribution in [0.5, 0.6) is 11.5 Å². The van der Waals surface area contributed by atoms with E-state index in [2.05, 4.69) is 22.0 Å². The van der Waals surface area contributed by atoms with Gasteiger partial charge >= 0.3 is 0 Å². The number of methoxy groups -OCH3 is 2. The van der Waals surface area contributed by atoms with Crippen LogP contribution >= 0.6 is 23.4 Å². The van der Waals surface area contributed by atoms with Gasteiger partial charge in [0.2, 0.25) is 0 Å². The van der Waals surface area contributed by atoms with Crippen LogP contribution in [0.15, 0.2) is 53.6 Å². The van der Waals surface area contributed by atoms with Crippen LogP contribution in [0.25, 0.3) is 10.9 Å². The fourth-order valence-corrected chi connectivity index (χ4v) is 6.15. The highest BCUT2D eigenvalue weighted by Crippen LogP contribution is 2.37. The Kier molecular flexibility index (Phi) is 9.17. The molecule has 188 valence electrons. The van der Waals surface area contributed by atoms with Gasteiger partial charge in [0.15, 0.2) is 0 Å². The third kappa shape index (κ3) is 6.62. The van der Waals surface area contributed by atoms with Crippen molar-refractivity contribution in [2.75, 3.05) is 46.2 Å². The van der Waals surface area contributed by atoms with E-state index in [1.165, 1.54) is 4.90 Å². The minimum atomic E-state index is 0.00341. The first-order valence-corrected chi connectivity index (χ1v) is 13.6. The van der Waals surface area contributed by atoms with Gasteiger partial charge in [-0.1, -0.05) is 17.7 Å². The van der Waals surface area contributed by atoms with Gasteiger partial charge in [-0.3, -0.25) is 4.98 Å². The van der Waals surface area contributed by atoms with E-state index in [0.717, 1.165) is 85.5 Å². The number of aryl methyl sites for hydroxylation is 1. The summed E-state index contributed by atoms with van der Waals surface area (Å²) in [4.78, 5) is 8.23. The molecule has 4 rings (SSSR count). The largest absolute Gasteiger partial charge is 0.497 e. The Balaban J connectivity index is 1.28. The maximum Gasteiger partial charge on any atom is 0.119 e. The first kappa shape index (κ1) is 26.1. The SMILES string of the molecule is COc1cccc(SCCN2CCC(CO)(CCCc3c(Cl)cnc4ccc(OC)cc34)CC2)c1. The van der Waals surface area contributed by atoms with Crippen molar-refractivity contribution in [3.63, 3.8) is 0 Å². The van der Waals surface area contributed by atoms with Crippen molar-refractivity contribution in [1.29, 1.82) is 0 Å². The van der Waals surface area contributed by atoms with Gasteiger partial charge in [-0.2, -0.15) is 0 Å². The molecule has 0 radical (unpaired) electrons. The zero-order chi connectivity index (χ0) is 24.7. The van der Waals surface area contributed by atoms with Crippen LogP contribution in [0.2, 0.25) is 5.02 Å². The molecule has 0 atom stereocenters. The van der Waals surface area contributed by atoms with E-state index in [0.29, 0.717) is 5.02 Å². The number of halogens is 1. The number of fused-ring (bicyclic) bond motifs is 1. The third-order valence-corrected chi connectivity index (χ3v) is 8.54. The summed E-state index contributed by atoms with van der Waals surface area (Å²) in [6.45, 7) is 3.38. The molecule has 0 aliphatic carbocycles. The first-order valence-electron chi connectivity index (χ1n) is 12.3. The van der Waals surface area contributed by atoms with Gasteiger partial charge in [0.25, 0.3) is 0 Å². The summed E-state index contributed by atoms with van der Waals surface area (Å²) in [5, 5.41) is 12.1. The molecule has 2 heterocycles. The highest BCUT2D eigenvalue weighted by molar-refractivity contribution is 7.99. The van der Waals surface area contributed by atoms with Crippen molar-refractivity contribution < 1.29 is 14.6 Å². The van der Waals surface area contributed by atoms with Crippen molar-refractivity contribution >= 4 is 34.3 Å². The average molecular weight is 515 g/mol. The van der Waals surface area contributed by atoms with Crippen LogP contribution in [-0.4, -0.2) is 61.2 Å². The number of likely N-dealkylation sites (tertiary alicyclic amines) is 1. The molecular weight excluding hydrogens is 480 g/mol. The number of rotatable bonds is 11. The lowest BCUT2D eigenvalue weighted by atomic mass is 9.75. The second kappa shape index (κ2) is 12.3. The highest BCUT2D eigenvalue weighted by atomic mass is 35.5. The second-order valence-corrected chi connectivity index (χ2v) is 10.9. The van der Waals surface area contributed by atoms with Gasteiger partial charge in [-0.05, 0) is 92.6 Å². The molecule has 5 nitrogen and oxygen atoms in total. The van der Waals surface area contributed by atoms with Crippen LogP contribution in [0.1, 0.15) is 31.2 Å². The number of pyridine rings is 1. The van der Waals surface area contributed by atoms with Crippen molar-refractivity contribution in [2.45, 2.75) is 37.0 Å². The number of aliphatic hydroxyl groups is 1. The van der Waals surface area contributed by atoms with Crippen LogP contribution < -0.4 is 9.47 Å². The molecule has 1 N–H and O–H groups in total. The number of hydrogen-bond acceptors (Lipinski definition) is 6. The number of nitrogens with zero attached hydrogens (tertiary/aromatic N) is 2. The van der Waals surface area contributed by atoms with E-state index in [1.54, 1.807) is 20.4 Å². The Bertz CT molecular complexity index is 1120. The predicted molar refractivity (Wildman–Crippen MR) is 145 cm³/mol. The van der Waals surface area contributed by atoms with Crippen molar-refractivity contribution in [1.82, 2.24) is 9.88 Å². The van der Waals surface area contributed by atoms with Gasteiger partial charge in [0.1, 0.15) is 11.5 Å². The number of aliphatic hydroxyl groups excluding tert-OH is 1. The smallest absolute Gasteiger partial charge is 0.119 e. The van der Waals surface area contributed by atoms with Crippen molar-refractivity contribution in [3.05, 3.63) is 59.2 Å². The molecule has 7 heteroatoms. The summed E-state index contributed by atoms with van der Waals surface area (Å²) in [5.74, 6) is 2.77. The van der Waals surface area contributed by atoms with Crippen LogP contribution in [0.3, 0.4) is 0 Å². The van der Waals surface area contributed by atoms with Gasteiger partial charge in [0.05, 0.1) is 24.8 Å². The molecular formula is C28H35ClN2O3S. The highest BCUT2D eigenvalue weighted by Gasteiger charge is 2.33. The minimum Gasteiger partial charge on any atom is -0.497 e. The zero-order valence-electron chi connectivity index (χ0n) is 20.6. The average Bonchev–Trinajstić information content (AvgIpc) is 2.90. The Labute approximate surface area is 217 Å². The first-order chi connectivity index (χ1) is 17.1. The van der Waals surface area contributed by atoms with Gasteiger partial charge in [-0.15, -0.1) is 11.8 Å². The van der Waals surface area contributed by atoms with E-state index < -0.39 is 0 Å². The Hall–Kier alpha value is -1.99. The lowest BCUT2D eigenvalue weighted by molar-refractivity contribution is 0.0378. The Morgan fingerprint density at radius 2 is 1.86 bits per heavy atom. The number of thioether (sulfide) groups is 1. The van der Waals surface area contributed by atoms with Crippen molar-refractivity contribution in [3.8, 4) is 11.5 Å². The van der Waals surface area contributed by atoms with Gasteiger partial charge in [0, 0.05) is 35.4 Å². The molecule has 1 saturated heterocycles. The van der Waals surface area contributed by atoms with E-state index in [1.807, 2.05) is 42.1 Å². The third-order valence-electron chi connectivity index (χ3n) is 7.24. The topological polar surface area (TPSA) is 54.8 Å². The quantitative estimate of drug-likeness (QED) is 0.312. The Morgan fingerprint density at radius 3 is 2.60 bits per heavy atom. The summed E-state index contributed by atoms with van der Waals surface area (Å²) in [5.41, 5.74) is 2.06. The van der Waals surface area contributed by atoms with Gasteiger partial charge < -0.3 is 19.5 Å². The molecule has 1 aliphatic rings. The number of piperidine rings is 1. The zero-order valence-corrected chi connectivity index (χ0v) is 22.2. The molecule has 1 fully saturated rings. The number of benzene rings is 2. The number of ether oxygens (including phenoxy) is 2.